The van der Waals surface area contributed by atoms with Crippen LogP contribution >= 0.6 is 11.3 Å². The van der Waals surface area contributed by atoms with E-state index < -0.39 is 0 Å². The fourth-order valence-electron chi connectivity index (χ4n) is 4.13. The zero-order chi connectivity index (χ0) is 14.9. The van der Waals surface area contributed by atoms with Crippen LogP contribution in [0.4, 0.5) is 0 Å². The van der Waals surface area contributed by atoms with Crippen LogP contribution in [0.5, 0.6) is 0 Å². The Labute approximate surface area is 136 Å². The van der Waals surface area contributed by atoms with Gasteiger partial charge >= 0.3 is 0 Å². The van der Waals surface area contributed by atoms with Crippen LogP contribution in [0, 0.1) is 0 Å². The highest BCUT2D eigenvalue weighted by Crippen LogP contribution is 2.29. The third-order valence-corrected chi connectivity index (χ3v) is 6.32. The molecule has 120 valence electrons. The molecule has 1 aromatic heterocycles. The third-order valence-electron chi connectivity index (χ3n) is 5.30. The summed E-state index contributed by atoms with van der Waals surface area (Å²) < 4.78 is 5.88. The van der Waals surface area contributed by atoms with E-state index in [2.05, 4.69) is 21.2 Å². The van der Waals surface area contributed by atoms with Crippen molar-refractivity contribution in [2.75, 3.05) is 26.2 Å². The standard InChI is InChI=1S/C17H24N2O2S/c20-17(12-18-7-5-16-13(11-18)6-10-22-16)19-8-9-21-15-4-2-1-3-14(15)19/h6,10,14-15H,1-5,7-9,11-12H2. The summed E-state index contributed by atoms with van der Waals surface area (Å²) in [6.07, 6.45) is 6.10. The molecular weight excluding hydrogens is 296 g/mol. The van der Waals surface area contributed by atoms with Crippen LogP contribution in [0.15, 0.2) is 11.4 Å². The minimum Gasteiger partial charge on any atom is -0.374 e. The number of carbonyl (C=O) groups is 1. The molecule has 1 aliphatic carbocycles. The van der Waals surface area contributed by atoms with E-state index in [0.29, 0.717) is 25.1 Å². The van der Waals surface area contributed by atoms with Crippen LogP contribution in [0.2, 0.25) is 0 Å². The van der Waals surface area contributed by atoms with E-state index in [4.69, 9.17) is 4.74 Å². The molecule has 0 spiro atoms. The zero-order valence-corrected chi connectivity index (χ0v) is 13.8. The van der Waals surface area contributed by atoms with Gasteiger partial charge in [0.15, 0.2) is 0 Å². The maximum Gasteiger partial charge on any atom is 0.237 e. The van der Waals surface area contributed by atoms with Crippen molar-refractivity contribution >= 4 is 17.2 Å². The molecule has 2 aliphatic heterocycles. The average molecular weight is 320 g/mol. The molecule has 0 bridgehead atoms. The Balaban J connectivity index is 1.39. The zero-order valence-electron chi connectivity index (χ0n) is 13.0. The van der Waals surface area contributed by atoms with Crippen molar-refractivity contribution in [2.45, 2.75) is 50.8 Å². The Kier molecular flexibility index (Phi) is 4.20. The predicted molar refractivity (Wildman–Crippen MR) is 87.0 cm³/mol. The number of carbonyl (C=O) groups excluding carboxylic acids is 1. The molecule has 0 radical (unpaired) electrons. The van der Waals surface area contributed by atoms with Crippen LogP contribution in [0.3, 0.4) is 0 Å². The van der Waals surface area contributed by atoms with E-state index in [1.54, 1.807) is 0 Å². The van der Waals surface area contributed by atoms with E-state index in [-0.39, 0.29) is 6.10 Å². The van der Waals surface area contributed by atoms with E-state index in [1.165, 1.54) is 23.3 Å². The summed E-state index contributed by atoms with van der Waals surface area (Å²) in [4.78, 5) is 18.7. The van der Waals surface area contributed by atoms with Crippen molar-refractivity contribution in [1.29, 1.82) is 0 Å². The monoisotopic (exact) mass is 320 g/mol. The van der Waals surface area contributed by atoms with E-state index in [9.17, 15) is 4.79 Å². The van der Waals surface area contributed by atoms with Crippen molar-refractivity contribution < 1.29 is 9.53 Å². The SMILES string of the molecule is O=C(CN1CCc2sccc2C1)N1CCOC2CCCCC21. The topological polar surface area (TPSA) is 32.8 Å². The normalized spacial score (nSPS) is 29.0. The summed E-state index contributed by atoms with van der Waals surface area (Å²) in [5.41, 5.74) is 1.42. The number of hydrogen-bond acceptors (Lipinski definition) is 4. The lowest BCUT2D eigenvalue weighted by Crippen LogP contribution is -2.56. The molecule has 3 heterocycles. The first kappa shape index (κ1) is 14.7. The van der Waals surface area contributed by atoms with Crippen LogP contribution in [-0.2, 0) is 22.5 Å². The lowest BCUT2D eigenvalue weighted by molar-refractivity contribution is -0.150. The predicted octanol–water partition coefficient (Wildman–Crippen LogP) is 2.28. The number of hydrogen-bond donors (Lipinski definition) is 0. The van der Waals surface area contributed by atoms with Crippen molar-refractivity contribution in [3.8, 4) is 0 Å². The number of ether oxygens (including phenoxy) is 1. The van der Waals surface area contributed by atoms with Crippen LogP contribution in [0.1, 0.15) is 36.1 Å². The molecule has 4 nitrogen and oxygen atoms in total. The minimum atomic E-state index is 0.288. The molecule has 4 rings (SSSR count). The fraction of sp³-hybridized carbons (Fsp3) is 0.706. The largest absolute Gasteiger partial charge is 0.374 e. The van der Waals surface area contributed by atoms with Gasteiger partial charge < -0.3 is 9.64 Å². The molecule has 0 aromatic carbocycles. The second kappa shape index (κ2) is 6.30. The third kappa shape index (κ3) is 2.82. The smallest absolute Gasteiger partial charge is 0.237 e. The van der Waals surface area contributed by atoms with Gasteiger partial charge in [-0.25, -0.2) is 0 Å². The Morgan fingerprint density at radius 2 is 2.23 bits per heavy atom. The van der Waals surface area contributed by atoms with Crippen LogP contribution in [-0.4, -0.2) is 54.1 Å². The van der Waals surface area contributed by atoms with Gasteiger partial charge in [-0.3, -0.25) is 9.69 Å². The van der Waals surface area contributed by atoms with Gasteiger partial charge in [0.05, 0.1) is 25.3 Å². The summed E-state index contributed by atoms with van der Waals surface area (Å²) in [7, 11) is 0. The number of nitrogens with zero attached hydrogens (tertiary/aromatic N) is 2. The number of fused-ring (bicyclic) bond motifs is 2. The van der Waals surface area contributed by atoms with Gasteiger partial charge in [-0.05, 0) is 36.3 Å². The average Bonchev–Trinajstić information content (AvgIpc) is 3.02. The number of morpholine rings is 1. The number of rotatable bonds is 2. The lowest BCUT2D eigenvalue weighted by atomic mass is 9.90. The Bertz CT molecular complexity index is 543. The van der Waals surface area contributed by atoms with E-state index in [1.807, 2.05) is 11.3 Å². The van der Waals surface area contributed by atoms with Gasteiger partial charge in [0.25, 0.3) is 0 Å². The second-order valence-electron chi connectivity index (χ2n) is 6.68. The highest BCUT2D eigenvalue weighted by atomic mass is 32.1. The molecule has 2 fully saturated rings. The molecule has 3 aliphatic rings. The molecule has 1 saturated heterocycles. The minimum absolute atomic E-state index is 0.288. The molecule has 2 atom stereocenters. The molecule has 1 amide bonds. The maximum absolute atomic E-state index is 12.8. The van der Waals surface area contributed by atoms with Gasteiger partial charge in [0.2, 0.25) is 5.91 Å². The van der Waals surface area contributed by atoms with Crippen LogP contribution in [0.25, 0.3) is 0 Å². The maximum atomic E-state index is 12.8. The summed E-state index contributed by atoms with van der Waals surface area (Å²) >= 11 is 1.85. The first-order chi connectivity index (χ1) is 10.8. The Morgan fingerprint density at radius 1 is 1.32 bits per heavy atom. The van der Waals surface area contributed by atoms with E-state index >= 15 is 0 Å². The van der Waals surface area contributed by atoms with Gasteiger partial charge in [0.1, 0.15) is 0 Å². The quantitative estimate of drug-likeness (QED) is 0.838. The summed E-state index contributed by atoms with van der Waals surface area (Å²) in [6, 6.07) is 2.54. The highest BCUT2D eigenvalue weighted by Gasteiger charge is 2.37. The first-order valence-electron chi connectivity index (χ1n) is 8.50. The van der Waals surface area contributed by atoms with Crippen LogP contribution < -0.4 is 0 Å². The fourth-order valence-corrected chi connectivity index (χ4v) is 5.02. The van der Waals surface area contributed by atoms with Gasteiger partial charge in [-0.1, -0.05) is 12.8 Å². The van der Waals surface area contributed by atoms with Crippen molar-refractivity contribution in [2.24, 2.45) is 0 Å². The van der Waals surface area contributed by atoms with Crippen molar-refractivity contribution in [1.82, 2.24) is 9.80 Å². The highest BCUT2D eigenvalue weighted by molar-refractivity contribution is 7.10. The second-order valence-corrected chi connectivity index (χ2v) is 7.68. The van der Waals surface area contributed by atoms with Crippen molar-refractivity contribution in [3.63, 3.8) is 0 Å². The van der Waals surface area contributed by atoms with Gasteiger partial charge in [0, 0.05) is 24.5 Å². The molecule has 1 aromatic rings. The van der Waals surface area contributed by atoms with E-state index in [0.717, 1.165) is 38.9 Å². The van der Waals surface area contributed by atoms with Gasteiger partial charge in [-0.2, -0.15) is 0 Å². The molecule has 2 unspecified atom stereocenters. The lowest BCUT2D eigenvalue weighted by Gasteiger charge is -2.44. The summed E-state index contributed by atoms with van der Waals surface area (Å²) in [6.45, 7) is 4.00. The Morgan fingerprint density at radius 3 is 3.18 bits per heavy atom. The van der Waals surface area contributed by atoms with Gasteiger partial charge in [-0.15, -0.1) is 11.3 Å². The molecular formula is C17H24N2O2S. The summed E-state index contributed by atoms with van der Waals surface area (Å²) in [5.74, 6) is 0.305. The molecule has 1 saturated carbocycles. The molecule has 22 heavy (non-hydrogen) atoms. The number of amides is 1. The first-order valence-corrected chi connectivity index (χ1v) is 9.38. The number of thiophene rings is 1. The summed E-state index contributed by atoms with van der Waals surface area (Å²) in [5, 5.41) is 2.17. The molecule has 0 N–H and O–H groups in total. The Hall–Kier alpha value is -0.910. The van der Waals surface area contributed by atoms with Crippen molar-refractivity contribution in [3.05, 3.63) is 21.9 Å². The molecule has 5 heteroatoms.